The molecule has 0 aliphatic carbocycles. The maximum atomic E-state index is 12.7. The number of benzene rings is 1. The summed E-state index contributed by atoms with van der Waals surface area (Å²) in [5.74, 6) is -1.64. The van der Waals surface area contributed by atoms with E-state index in [0.717, 1.165) is 25.9 Å². The molecule has 30 heavy (non-hydrogen) atoms. The van der Waals surface area contributed by atoms with Gasteiger partial charge in [-0.2, -0.15) is 0 Å². The number of methoxy groups -OCH3 is 1. The predicted molar refractivity (Wildman–Crippen MR) is 106 cm³/mol. The summed E-state index contributed by atoms with van der Waals surface area (Å²) in [6, 6.07) is 4.11. The molecule has 0 spiro atoms. The number of hydrogen-bond acceptors (Lipinski definition) is 8. The van der Waals surface area contributed by atoms with Crippen LogP contribution >= 0.6 is 0 Å². The first-order valence-corrected chi connectivity index (χ1v) is 9.97. The third kappa shape index (κ3) is 4.87. The van der Waals surface area contributed by atoms with Crippen LogP contribution in [-0.4, -0.2) is 67.6 Å². The first-order chi connectivity index (χ1) is 14.4. The molecule has 10 nitrogen and oxygen atoms in total. The fourth-order valence-corrected chi connectivity index (χ4v) is 3.86. The molecule has 2 heterocycles. The van der Waals surface area contributed by atoms with Crippen molar-refractivity contribution in [3.63, 3.8) is 0 Å². The van der Waals surface area contributed by atoms with E-state index >= 15 is 0 Å². The summed E-state index contributed by atoms with van der Waals surface area (Å²) in [6.45, 7) is 1.82. The second-order valence-electron chi connectivity index (χ2n) is 7.41. The van der Waals surface area contributed by atoms with Crippen LogP contribution in [0.15, 0.2) is 18.2 Å². The molecule has 0 saturated carbocycles. The maximum Gasteiger partial charge on any atom is 0.341 e. The van der Waals surface area contributed by atoms with Crippen LogP contribution in [0.25, 0.3) is 0 Å². The molecule has 0 aromatic heterocycles. The van der Waals surface area contributed by atoms with Gasteiger partial charge in [0.05, 0.1) is 29.2 Å². The lowest BCUT2D eigenvalue weighted by Gasteiger charge is -2.30. The van der Waals surface area contributed by atoms with Gasteiger partial charge < -0.3 is 19.3 Å². The molecule has 2 saturated heterocycles. The molecule has 1 aromatic rings. The van der Waals surface area contributed by atoms with Gasteiger partial charge in [-0.15, -0.1) is 0 Å². The highest BCUT2D eigenvalue weighted by Crippen LogP contribution is 2.29. The van der Waals surface area contributed by atoms with Crippen LogP contribution in [0.5, 0.6) is 0 Å². The lowest BCUT2D eigenvalue weighted by molar-refractivity contribution is -0.384. The van der Waals surface area contributed by atoms with Crippen LogP contribution in [0.2, 0.25) is 0 Å². The molecular weight excluding hydrogens is 394 g/mol. The van der Waals surface area contributed by atoms with E-state index in [1.165, 1.54) is 19.2 Å². The van der Waals surface area contributed by atoms with Gasteiger partial charge in [0.2, 0.25) is 0 Å². The number of non-ortho nitro benzene ring substituents is 1. The summed E-state index contributed by atoms with van der Waals surface area (Å²) in [5.41, 5.74) is 0.457. The van der Waals surface area contributed by atoms with Crippen molar-refractivity contribution in [1.29, 1.82) is 0 Å². The normalized spacial score (nSPS) is 17.0. The number of carbonyl (C=O) groups excluding carboxylic acids is 3. The maximum absolute atomic E-state index is 12.7. The number of hydrogen-bond donors (Lipinski definition) is 0. The SMILES string of the molecule is COC(=O)C1CCN(C(=O)COC(=O)c2cc([N+](=O)[O-])ccc2N2CCCC2)CC1. The Morgan fingerprint density at radius 1 is 1.13 bits per heavy atom. The molecule has 2 aliphatic heterocycles. The third-order valence-corrected chi connectivity index (χ3v) is 5.57. The monoisotopic (exact) mass is 419 g/mol. The lowest BCUT2D eigenvalue weighted by Crippen LogP contribution is -2.42. The minimum Gasteiger partial charge on any atom is -0.469 e. The van der Waals surface area contributed by atoms with Gasteiger partial charge in [0, 0.05) is 38.3 Å². The largest absolute Gasteiger partial charge is 0.469 e. The van der Waals surface area contributed by atoms with Crippen molar-refractivity contribution in [1.82, 2.24) is 4.90 Å². The highest BCUT2D eigenvalue weighted by molar-refractivity contribution is 5.97. The summed E-state index contributed by atoms with van der Waals surface area (Å²) in [4.78, 5) is 50.7. The Hall–Kier alpha value is -3.17. The molecule has 2 fully saturated rings. The van der Waals surface area contributed by atoms with E-state index < -0.39 is 17.5 Å². The number of piperidine rings is 1. The number of esters is 2. The molecule has 2 aliphatic rings. The van der Waals surface area contributed by atoms with Gasteiger partial charge in [0.1, 0.15) is 0 Å². The van der Waals surface area contributed by atoms with Crippen molar-refractivity contribution in [2.24, 2.45) is 5.92 Å². The Labute approximate surface area is 173 Å². The molecule has 0 radical (unpaired) electrons. The molecule has 1 amide bonds. The molecule has 0 bridgehead atoms. The van der Waals surface area contributed by atoms with Crippen LogP contribution in [-0.2, 0) is 19.1 Å². The number of rotatable bonds is 6. The first kappa shape index (κ1) is 21.5. The summed E-state index contributed by atoms with van der Waals surface area (Å²) in [5, 5.41) is 11.1. The van der Waals surface area contributed by atoms with E-state index in [1.807, 2.05) is 4.90 Å². The van der Waals surface area contributed by atoms with Crippen molar-refractivity contribution >= 4 is 29.2 Å². The van der Waals surface area contributed by atoms with Crippen LogP contribution < -0.4 is 4.90 Å². The first-order valence-electron chi connectivity index (χ1n) is 9.97. The molecule has 162 valence electrons. The van der Waals surface area contributed by atoms with Gasteiger partial charge in [-0.1, -0.05) is 0 Å². The second-order valence-corrected chi connectivity index (χ2v) is 7.41. The Morgan fingerprint density at radius 2 is 1.80 bits per heavy atom. The van der Waals surface area contributed by atoms with Gasteiger partial charge in [-0.05, 0) is 31.7 Å². The average Bonchev–Trinajstić information content (AvgIpc) is 3.31. The number of nitro benzene ring substituents is 1. The van der Waals surface area contributed by atoms with Crippen LogP contribution in [0, 0.1) is 16.0 Å². The molecule has 0 N–H and O–H groups in total. The van der Waals surface area contributed by atoms with Gasteiger partial charge >= 0.3 is 11.9 Å². The van der Waals surface area contributed by atoms with Crippen molar-refractivity contribution in [2.45, 2.75) is 25.7 Å². The molecule has 3 rings (SSSR count). The minimum atomic E-state index is -0.765. The van der Waals surface area contributed by atoms with E-state index in [-0.39, 0.29) is 29.0 Å². The molecule has 0 unspecified atom stereocenters. The van der Waals surface area contributed by atoms with Crippen LogP contribution in [0.1, 0.15) is 36.0 Å². The number of amides is 1. The molecule has 0 atom stereocenters. The van der Waals surface area contributed by atoms with E-state index in [2.05, 4.69) is 0 Å². The summed E-state index contributed by atoms with van der Waals surface area (Å²) in [7, 11) is 1.34. The number of carbonyl (C=O) groups is 3. The minimum absolute atomic E-state index is 0.0864. The third-order valence-electron chi connectivity index (χ3n) is 5.57. The van der Waals surface area contributed by atoms with E-state index in [4.69, 9.17) is 9.47 Å². The van der Waals surface area contributed by atoms with Crippen molar-refractivity contribution in [3.05, 3.63) is 33.9 Å². The highest BCUT2D eigenvalue weighted by atomic mass is 16.6. The number of likely N-dealkylation sites (tertiary alicyclic amines) is 1. The topological polar surface area (TPSA) is 119 Å². The fraction of sp³-hybridized carbons (Fsp3) is 0.550. The van der Waals surface area contributed by atoms with E-state index in [9.17, 15) is 24.5 Å². The quantitative estimate of drug-likeness (QED) is 0.389. The van der Waals surface area contributed by atoms with Crippen molar-refractivity contribution < 1.29 is 28.8 Å². The number of ether oxygens (including phenoxy) is 2. The van der Waals surface area contributed by atoms with Gasteiger partial charge in [-0.25, -0.2) is 4.79 Å². The zero-order valence-electron chi connectivity index (χ0n) is 16.9. The highest BCUT2D eigenvalue weighted by Gasteiger charge is 2.29. The number of anilines is 1. The van der Waals surface area contributed by atoms with Crippen molar-refractivity contribution in [2.75, 3.05) is 44.8 Å². The zero-order valence-corrected chi connectivity index (χ0v) is 16.9. The fourth-order valence-electron chi connectivity index (χ4n) is 3.86. The van der Waals surface area contributed by atoms with Crippen LogP contribution in [0.4, 0.5) is 11.4 Å². The van der Waals surface area contributed by atoms with E-state index in [1.54, 1.807) is 11.0 Å². The Balaban J connectivity index is 1.63. The zero-order chi connectivity index (χ0) is 21.7. The average molecular weight is 419 g/mol. The lowest BCUT2D eigenvalue weighted by atomic mass is 9.97. The number of nitro groups is 1. The summed E-state index contributed by atoms with van der Waals surface area (Å²) in [6.07, 6.45) is 2.95. The Kier molecular flexibility index (Phi) is 6.86. The van der Waals surface area contributed by atoms with Crippen LogP contribution in [0.3, 0.4) is 0 Å². The molecular formula is C20H25N3O7. The summed E-state index contributed by atoms with van der Waals surface area (Å²) < 4.78 is 9.93. The standard InChI is InChI=1S/C20H25N3O7/c1-29-19(25)14-6-10-22(11-7-14)18(24)13-30-20(26)16-12-15(23(27)28)4-5-17(16)21-8-2-3-9-21/h4-5,12,14H,2-3,6-11,13H2,1H3. The van der Waals surface area contributed by atoms with E-state index in [0.29, 0.717) is 31.6 Å². The van der Waals surface area contributed by atoms with Gasteiger partial charge in [0.25, 0.3) is 11.6 Å². The summed E-state index contributed by atoms with van der Waals surface area (Å²) >= 11 is 0. The smallest absolute Gasteiger partial charge is 0.341 e. The van der Waals surface area contributed by atoms with Crippen molar-refractivity contribution in [3.8, 4) is 0 Å². The van der Waals surface area contributed by atoms with Gasteiger partial charge in [0.15, 0.2) is 6.61 Å². The Morgan fingerprint density at radius 3 is 2.40 bits per heavy atom. The number of nitrogens with zero attached hydrogens (tertiary/aromatic N) is 3. The molecule has 1 aromatic carbocycles. The molecule has 10 heteroatoms. The second kappa shape index (κ2) is 9.55. The predicted octanol–water partition coefficient (Wildman–Crippen LogP) is 1.76. The Bertz CT molecular complexity index is 828. The van der Waals surface area contributed by atoms with Gasteiger partial charge in [-0.3, -0.25) is 19.7 Å².